The number of allylic oxidation sites excluding steroid dienone is 2. The summed E-state index contributed by atoms with van der Waals surface area (Å²) < 4.78 is 3.01. The standard InChI is InChI=1S/C18H24N4O2/c1-3-7-21-16-14(17(23)22(8-4-2)18(21)24)19-15(20-16)13-10-11-5-6-12(13)9-11/h5-6,11-13H,3-4,7-10H2,1-2H3,(H,19,20)/t11-,12+,13-/m0/s1. The van der Waals surface area contributed by atoms with Gasteiger partial charge in [0.05, 0.1) is 0 Å². The first-order valence-corrected chi connectivity index (χ1v) is 9.05. The molecule has 2 aromatic rings. The van der Waals surface area contributed by atoms with E-state index in [-0.39, 0.29) is 11.2 Å². The molecule has 24 heavy (non-hydrogen) atoms. The number of nitrogens with one attached hydrogen (secondary N) is 1. The first-order valence-electron chi connectivity index (χ1n) is 9.05. The summed E-state index contributed by atoms with van der Waals surface area (Å²) >= 11 is 0. The number of aromatic nitrogens is 4. The van der Waals surface area contributed by atoms with Crippen LogP contribution >= 0.6 is 0 Å². The summed E-state index contributed by atoms with van der Waals surface area (Å²) in [7, 11) is 0. The van der Waals surface area contributed by atoms with Crippen molar-refractivity contribution in [1.29, 1.82) is 0 Å². The third kappa shape index (κ3) is 2.19. The van der Waals surface area contributed by atoms with Gasteiger partial charge in [-0.2, -0.15) is 0 Å². The van der Waals surface area contributed by atoms with E-state index in [9.17, 15) is 9.59 Å². The van der Waals surface area contributed by atoms with Crippen LogP contribution in [0, 0.1) is 11.8 Å². The van der Waals surface area contributed by atoms with Gasteiger partial charge in [0.15, 0.2) is 5.65 Å². The van der Waals surface area contributed by atoms with Crippen molar-refractivity contribution >= 4 is 11.2 Å². The summed E-state index contributed by atoms with van der Waals surface area (Å²) in [5.41, 5.74) is 0.544. The highest BCUT2D eigenvalue weighted by Gasteiger charge is 2.38. The molecule has 0 amide bonds. The number of fused-ring (bicyclic) bond motifs is 3. The van der Waals surface area contributed by atoms with Gasteiger partial charge < -0.3 is 4.98 Å². The van der Waals surface area contributed by atoms with Crippen LogP contribution in [-0.4, -0.2) is 19.1 Å². The molecular weight excluding hydrogens is 304 g/mol. The van der Waals surface area contributed by atoms with Gasteiger partial charge in [-0.1, -0.05) is 26.0 Å². The fourth-order valence-electron chi connectivity index (χ4n) is 4.30. The van der Waals surface area contributed by atoms with E-state index in [1.54, 1.807) is 4.57 Å². The fourth-order valence-corrected chi connectivity index (χ4v) is 4.30. The van der Waals surface area contributed by atoms with Crippen molar-refractivity contribution < 1.29 is 0 Å². The number of imidazole rings is 1. The molecule has 0 spiro atoms. The van der Waals surface area contributed by atoms with E-state index >= 15 is 0 Å². The van der Waals surface area contributed by atoms with Crippen LogP contribution in [0.5, 0.6) is 0 Å². The Labute approximate surface area is 140 Å². The molecule has 0 radical (unpaired) electrons. The van der Waals surface area contributed by atoms with Crippen molar-refractivity contribution in [2.75, 3.05) is 0 Å². The second kappa shape index (κ2) is 5.76. The quantitative estimate of drug-likeness (QED) is 0.857. The smallest absolute Gasteiger partial charge is 0.332 e. The summed E-state index contributed by atoms with van der Waals surface area (Å²) in [4.78, 5) is 33.4. The normalized spacial score (nSPS) is 25.2. The van der Waals surface area contributed by atoms with Gasteiger partial charge in [-0.25, -0.2) is 9.78 Å². The molecule has 0 aromatic carbocycles. The average molecular weight is 328 g/mol. The Kier molecular flexibility index (Phi) is 3.70. The van der Waals surface area contributed by atoms with Gasteiger partial charge in [0.2, 0.25) is 0 Å². The van der Waals surface area contributed by atoms with Crippen LogP contribution in [0.15, 0.2) is 21.7 Å². The second-order valence-electron chi connectivity index (χ2n) is 7.10. The molecule has 6 nitrogen and oxygen atoms in total. The van der Waals surface area contributed by atoms with Gasteiger partial charge in [-0.05, 0) is 37.5 Å². The molecule has 0 unspecified atom stereocenters. The van der Waals surface area contributed by atoms with E-state index in [0.717, 1.165) is 25.1 Å². The van der Waals surface area contributed by atoms with Gasteiger partial charge in [0.1, 0.15) is 11.3 Å². The predicted octanol–water partition coefficient (Wildman–Crippen LogP) is 2.39. The monoisotopic (exact) mass is 328 g/mol. The van der Waals surface area contributed by atoms with Gasteiger partial charge in [-0.15, -0.1) is 0 Å². The highest BCUT2D eigenvalue weighted by atomic mass is 16.2. The van der Waals surface area contributed by atoms with Crippen LogP contribution in [0.1, 0.15) is 51.3 Å². The number of hydrogen-bond acceptors (Lipinski definition) is 3. The van der Waals surface area contributed by atoms with Crippen LogP contribution in [0.4, 0.5) is 0 Å². The number of rotatable bonds is 5. The Bertz CT molecular complexity index is 917. The lowest BCUT2D eigenvalue weighted by molar-refractivity contribution is 0.552. The highest BCUT2D eigenvalue weighted by Crippen LogP contribution is 2.48. The minimum absolute atomic E-state index is 0.234. The Morgan fingerprint density at radius 1 is 1.12 bits per heavy atom. The number of H-pyrrole nitrogens is 1. The third-order valence-corrected chi connectivity index (χ3v) is 5.40. The van der Waals surface area contributed by atoms with E-state index in [0.29, 0.717) is 42.0 Å². The van der Waals surface area contributed by atoms with E-state index in [1.165, 1.54) is 11.0 Å². The molecular formula is C18H24N4O2. The van der Waals surface area contributed by atoms with Crippen molar-refractivity contribution in [2.24, 2.45) is 11.8 Å². The average Bonchev–Trinajstić information content (AvgIpc) is 3.29. The highest BCUT2D eigenvalue weighted by molar-refractivity contribution is 5.70. The zero-order valence-electron chi connectivity index (χ0n) is 14.3. The van der Waals surface area contributed by atoms with Crippen molar-refractivity contribution in [2.45, 2.75) is 58.5 Å². The number of nitrogens with zero attached hydrogens (tertiary/aromatic N) is 3. The van der Waals surface area contributed by atoms with Gasteiger partial charge in [0, 0.05) is 19.0 Å². The summed E-state index contributed by atoms with van der Waals surface area (Å²) in [6, 6.07) is 0. The Morgan fingerprint density at radius 3 is 2.50 bits per heavy atom. The SMILES string of the molecule is CCCn1c(=O)c2[nH]c([C@H]3C[C@H]4C=C[C@@H]3C4)nc2n(CCC)c1=O. The molecule has 0 saturated heterocycles. The van der Waals surface area contributed by atoms with E-state index < -0.39 is 0 Å². The van der Waals surface area contributed by atoms with Crippen molar-refractivity contribution in [3.05, 3.63) is 38.8 Å². The summed E-state index contributed by atoms with van der Waals surface area (Å²) in [6.45, 7) is 5.03. The van der Waals surface area contributed by atoms with Gasteiger partial charge in [-0.3, -0.25) is 13.9 Å². The van der Waals surface area contributed by atoms with E-state index in [4.69, 9.17) is 4.98 Å². The first kappa shape index (κ1) is 15.4. The summed E-state index contributed by atoms with van der Waals surface area (Å²) in [6.07, 6.45) is 8.43. The maximum Gasteiger partial charge on any atom is 0.332 e. The number of aryl methyl sites for hydroxylation is 1. The lowest BCUT2D eigenvalue weighted by Crippen LogP contribution is -2.40. The second-order valence-corrected chi connectivity index (χ2v) is 7.10. The fraction of sp³-hybridized carbons (Fsp3) is 0.611. The molecule has 2 aliphatic rings. The van der Waals surface area contributed by atoms with Gasteiger partial charge >= 0.3 is 5.69 Å². The molecule has 1 N–H and O–H groups in total. The zero-order valence-corrected chi connectivity index (χ0v) is 14.3. The van der Waals surface area contributed by atoms with Crippen molar-refractivity contribution in [1.82, 2.24) is 19.1 Å². The minimum Gasteiger partial charge on any atom is -0.336 e. The van der Waals surface area contributed by atoms with Crippen LogP contribution in [0.25, 0.3) is 11.2 Å². The molecule has 128 valence electrons. The molecule has 2 aliphatic carbocycles. The first-order chi connectivity index (χ1) is 11.6. The summed E-state index contributed by atoms with van der Waals surface area (Å²) in [5, 5.41) is 0. The Balaban J connectivity index is 1.90. The predicted molar refractivity (Wildman–Crippen MR) is 93.3 cm³/mol. The molecule has 1 fully saturated rings. The maximum absolute atomic E-state index is 12.7. The molecule has 3 atom stereocenters. The number of hydrogen-bond donors (Lipinski definition) is 1. The summed E-state index contributed by atoms with van der Waals surface area (Å²) in [5.74, 6) is 2.37. The lowest BCUT2D eigenvalue weighted by Gasteiger charge is -2.14. The molecule has 2 heterocycles. The van der Waals surface area contributed by atoms with E-state index in [2.05, 4.69) is 17.1 Å². The largest absolute Gasteiger partial charge is 0.336 e. The molecule has 4 rings (SSSR count). The van der Waals surface area contributed by atoms with Gasteiger partial charge in [0.25, 0.3) is 5.56 Å². The Morgan fingerprint density at radius 2 is 1.88 bits per heavy atom. The van der Waals surface area contributed by atoms with Crippen LogP contribution in [0.2, 0.25) is 0 Å². The minimum atomic E-state index is -0.235. The zero-order chi connectivity index (χ0) is 16.8. The molecule has 0 aliphatic heterocycles. The van der Waals surface area contributed by atoms with Crippen LogP contribution < -0.4 is 11.2 Å². The third-order valence-electron chi connectivity index (χ3n) is 5.40. The Hall–Kier alpha value is -2.11. The molecule has 2 bridgehead atoms. The van der Waals surface area contributed by atoms with Crippen molar-refractivity contribution in [3.8, 4) is 0 Å². The molecule has 6 heteroatoms. The van der Waals surface area contributed by atoms with Crippen LogP contribution in [0.3, 0.4) is 0 Å². The maximum atomic E-state index is 12.7. The lowest BCUT2D eigenvalue weighted by atomic mass is 9.93. The van der Waals surface area contributed by atoms with Crippen molar-refractivity contribution in [3.63, 3.8) is 0 Å². The molecule has 2 aromatic heterocycles. The molecule has 1 saturated carbocycles. The number of aromatic amines is 1. The topological polar surface area (TPSA) is 72.7 Å². The van der Waals surface area contributed by atoms with Crippen LogP contribution in [-0.2, 0) is 13.1 Å². The van der Waals surface area contributed by atoms with E-state index in [1.807, 2.05) is 13.8 Å².